The first-order chi connectivity index (χ1) is 36.6. The summed E-state index contributed by atoms with van der Waals surface area (Å²) in [4.78, 5) is 80.7. The van der Waals surface area contributed by atoms with Crippen LogP contribution in [-0.4, -0.2) is 183 Å². The normalized spacial score (nSPS) is 20.0. The molecule has 7 unspecified atom stereocenters. The van der Waals surface area contributed by atoms with Crippen LogP contribution < -0.4 is 26.6 Å². The molecule has 2 aliphatic rings. The van der Waals surface area contributed by atoms with Crippen LogP contribution in [-0.2, 0) is 119 Å². The van der Waals surface area contributed by atoms with Gasteiger partial charge in [-0.05, 0) is 84.9 Å². The molecule has 2 fully saturated rings. The second-order valence-corrected chi connectivity index (χ2v) is 24.7. The van der Waals surface area contributed by atoms with E-state index in [-0.39, 0.29) is 150 Å². The number of alkyl carbamates (subject to hydrolysis) is 5. The van der Waals surface area contributed by atoms with Gasteiger partial charge in [0.25, 0.3) is 0 Å². The Labute approximate surface area is 538 Å². The van der Waals surface area contributed by atoms with Crippen molar-refractivity contribution in [1.29, 1.82) is 0 Å². The minimum absolute atomic E-state index is 0. The van der Waals surface area contributed by atoms with Crippen LogP contribution >= 0.6 is 0 Å². The van der Waals surface area contributed by atoms with Gasteiger partial charge >= 0.3 is 51.2 Å². The SMILES string of the molecule is C.C=CC(=O)OCCOC(=O)NC1CC(C)(C)CC(C)(CNC(=O)OC([CH2-])C)C1.C=CC(=O)OCCOC(=O)NC1CC(C)(C)CC(C)(CNC(=O)OC([CH2-])C)C1.CCC(O)(CO)CO.[CH2-]C(C)OC(=O)NC[Si](OC)(OC)OC.[W].[W].[W]. The van der Waals surface area contributed by atoms with Gasteiger partial charge < -0.3 is 109 Å². The topological polar surface area (TPSA) is 333 Å². The molecule has 2 aliphatic carbocycles. The summed E-state index contributed by atoms with van der Waals surface area (Å²) in [6, 6.07) is -0.192. The summed E-state index contributed by atoms with van der Waals surface area (Å²) in [6.07, 6.45) is 3.45. The molecular weight excluding hydrogens is 1620 g/mol. The molecule has 5 amide bonds. The third-order valence-corrected chi connectivity index (χ3v) is 14.3. The van der Waals surface area contributed by atoms with Crippen molar-refractivity contribution in [2.45, 2.75) is 158 Å². The minimum atomic E-state index is -2.76. The van der Waals surface area contributed by atoms with E-state index in [2.05, 4.69) is 102 Å². The van der Waals surface area contributed by atoms with E-state index >= 15 is 0 Å². The van der Waals surface area contributed by atoms with Crippen LogP contribution in [0.3, 0.4) is 0 Å². The van der Waals surface area contributed by atoms with Crippen molar-refractivity contribution in [3.05, 3.63) is 46.1 Å². The summed E-state index contributed by atoms with van der Waals surface area (Å²) in [7, 11) is 1.64. The first-order valence-corrected chi connectivity index (χ1v) is 27.9. The summed E-state index contributed by atoms with van der Waals surface area (Å²) >= 11 is 0. The van der Waals surface area contributed by atoms with Crippen LogP contribution in [0, 0.1) is 42.4 Å². The van der Waals surface area contributed by atoms with Gasteiger partial charge in [-0.3, -0.25) is 0 Å². The van der Waals surface area contributed by atoms with Gasteiger partial charge in [0.1, 0.15) is 32.0 Å². The molecule has 0 aromatic rings. The first kappa shape index (κ1) is 91.0. The fourth-order valence-corrected chi connectivity index (χ4v) is 10.3. The van der Waals surface area contributed by atoms with Crippen LogP contribution in [0.1, 0.15) is 122 Å². The van der Waals surface area contributed by atoms with Gasteiger partial charge in [-0.2, -0.15) is 0 Å². The maximum Gasteiger partial charge on any atom is 0.520 e. The monoisotopic (exact) mass is 1720 g/mol. The molecule has 0 heterocycles. The molecule has 2 rings (SSSR count). The van der Waals surface area contributed by atoms with E-state index < -0.39 is 75.1 Å². The Morgan fingerprint density at radius 1 is 0.578 bits per heavy atom. The zero-order chi connectivity index (χ0) is 61.3. The molecule has 486 valence electrons. The number of ether oxygens (including phenoxy) is 7. The summed E-state index contributed by atoms with van der Waals surface area (Å²) in [5.74, 6) is -1.12. The third kappa shape index (κ3) is 44.0. The maximum atomic E-state index is 12.0. The molecule has 2 saturated carbocycles. The number of rotatable bonds is 25. The van der Waals surface area contributed by atoms with Gasteiger partial charge in [-0.1, -0.05) is 89.8 Å². The molecule has 8 N–H and O–H groups in total. The number of aliphatic hydroxyl groups is 3. The van der Waals surface area contributed by atoms with Crippen molar-refractivity contribution in [1.82, 2.24) is 26.6 Å². The van der Waals surface area contributed by atoms with Crippen LogP contribution in [0.2, 0.25) is 0 Å². The number of aliphatic hydroxyl groups excluding tert-OH is 2. The van der Waals surface area contributed by atoms with Crippen molar-refractivity contribution >= 4 is 51.2 Å². The van der Waals surface area contributed by atoms with Gasteiger partial charge in [-0.15, -0.1) is 0 Å². The second kappa shape index (κ2) is 46.0. The fraction of sp³-hybridized carbons (Fsp3) is 0.741. The van der Waals surface area contributed by atoms with E-state index in [0.717, 1.165) is 37.8 Å². The van der Waals surface area contributed by atoms with E-state index in [0.29, 0.717) is 32.4 Å². The van der Waals surface area contributed by atoms with Gasteiger partial charge in [0, 0.05) is 122 Å². The Morgan fingerprint density at radius 2 is 0.880 bits per heavy atom. The molecule has 0 aromatic heterocycles. The average Bonchev–Trinajstić information content (AvgIpc) is 3.34. The Morgan fingerprint density at radius 3 is 1.13 bits per heavy atom. The van der Waals surface area contributed by atoms with E-state index in [1.807, 2.05) is 0 Å². The van der Waals surface area contributed by atoms with E-state index in [1.54, 1.807) is 27.7 Å². The number of carbonyl (C=O) groups excluding carboxylic acids is 7. The van der Waals surface area contributed by atoms with Gasteiger partial charge in [0.2, 0.25) is 0 Å². The van der Waals surface area contributed by atoms with E-state index in [4.69, 9.17) is 61.8 Å². The van der Waals surface area contributed by atoms with Crippen molar-refractivity contribution in [3.8, 4) is 0 Å². The van der Waals surface area contributed by atoms with Crippen LogP contribution in [0.15, 0.2) is 25.3 Å². The Bertz CT molecular complexity index is 1770. The number of esters is 2. The van der Waals surface area contributed by atoms with Crippen LogP contribution in [0.4, 0.5) is 24.0 Å². The Balaban J connectivity index is -0.000000254. The predicted molar refractivity (Wildman–Crippen MR) is 301 cm³/mol. The summed E-state index contributed by atoms with van der Waals surface area (Å²) in [5, 5.41) is 39.5. The Kier molecular flexibility index (Phi) is 50.5. The van der Waals surface area contributed by atoms with Crippen molar-refractivity contribution < 1.29 is 159 Å². The first-order valence-electron chi connectivity index (χ1n) is 25.9. The molecule has 0 radical (unpaired) electrons. The number of hydrogen-bond acceptors (Lipinski definition) is 20. The van der Waals surface area contributed by atoms with Crippen molar-refractivity contribution in [2.24, 2.45) is 21.7 Å². The van der Waals surface area contributed by atoms with Gasteiger partial charge in [0.05, 0.1) is 19.4 Å². The fourth-order valence-electron chi connectivity index (χ4n) is 8.99. The van der Waals surface area contributed by atoms with Crippen LogP contribution in [0.25, 0.3) is 0 Å². The van der Waals surface area contributed by atoms with E-state index in [1.165, 1.54) is 21.3 Å². The third-order valence-electron chi connectivity index (χ3n) is 11.9. The molecule has 25 nitrogen and oxygen atoms in total. The molecule has 29 heteroatoms. The molecule has 0 spiro atoms. The molecule has 83 heavy (non-hydrogen) atoms. The molecule has 0 aliphatic heterocycles. The zero-order valence-corrected chi connectivity index (χ0v) is 60.2. The summed E-state index contributed by atoms with van der Waals surface area (Å²) in [5.41, 5.74) is -1.71. The van der Waals surface area contributed by atoms with Gasteiger partial charge in [-0.25, -0.2) is 33.6 Å². The molecule has 0 bridgehead atoms. The largest absolute Gasteiger partial charge is 0.520 e. The molecular formula is C54H100N5O20SiW3-3. The summed E-state index contributed by atoms with van der Waals surface area (Å²) < 4.78 is 49.7. The zero-order valence-electron chi connectivity index (χ0n) is 50.4. The Hall–Kier alpha value is -3.19. The number of hydrogen-bond donors (Lipinski definition) is 8. The standard InChI is InChI=1S/2C20H33N2O6.C8H18NO5Si.C5H12O3.CH4.3W/c2*1-7-16(23)26-8-9-27-18(25)22-15-10-19(4,5)12-20(6,11-15)13-21-17(24)28-14(2)3;1-7(2)14-8(10)9-6-15(11-3,12-4)13-5;1-2-5(8,3-6)4-7;;;;/h2*7,14-15H,1-2,8-13H2,3-6H3,(H,21,24)(H,22,25);7H,1,6H2,2-5H3,(H,9,10);6-8H,2-4H2,1H3;1H4;;;/q3*-1;;;;;. The number of amides is 5. The van der Waals surface area contributed by atoms with Gasteiger partial charge in [0.15, 0.2) is 0 Å². The molecule has 0 aromatic carbocycles. The van der Waals surface area contributed by atoms with Crippen molar-refractivity contribution in [3.63, 3.8) is 0 Å². The minimum Gasteiger partial charge on any atom is -0.480 e. The predicted octanol–water partition coefficient (Wildman–Crippen LogP) is 6.04. The van der Waals surface area contributed by atoms with Crippen LogP contribution in [0.5, 0.6) is 0 Å². The number of nitrogens with one attached hydrogen (secondary N) is 5. The molecule has 0 saturated heterocycles. The van der Waals surface area contributed by atoms with Crippen molar-refractivity contribution in [2.75, 3.05) is 80.2 Å². The maximum absolute atomic E-state index is 12.0. The average molecular weight is 1720 g/mol. The summed E-state index contributed by atoms with van der Waals surface area (Å²) in [6.45, 7) is 36.8. The van der Waals surface area contributed by atoms with E-state index in [9.17, 15) is 33.6 Å². The number of carbonyl (C=O) groups is 7. The molecule has 7 atom stereocenters. The smallest absolute Gasteiger partial charge is 0.480 e. The quantitative estimate of drug-likeness (QED) is 0.0129. The second-order valence-electron chi connectivity index (χ2n) is 21.7.